The SMILES string of the molecule is COc1ccc(OC)c(NC(=O)/C(C#N)=C\NCCc2ccc(C)cc2)c1. The van der Waals surface area contributed by atoms with Gasteiger partial charge in [0, 0.05) is 18.8 Å². The molecule has 0 saturated heterocycles. The summed E-state index contributed by atoms with van der Waals surface area (Å²) in [6, 6.07) is 15.2. The van der Waals surface area contributed by atoms with Gasteiger partial charge in [0.15, 0.2) is 0 Å². The summed E-state index contributed by atoms with van der Waals surface area (Å²) < 4.78 is 10.4. The minimum Gasteiger partial charge on any atom is -0.497 e. The minimum atomic E-state index is -0.521. The van der Waals surface area contributed by atoms with Crippen LogP contribution in [-0.2, 0) is 11.2 Å². The molecule has 6 heteroatoms. The predicted octanol–water partition coefficient (Wildman–Crippen LogP) is 3.19. The van der Waals surface area contributed by atoms with Gasteiger partial charge in [0.05, 0.1) is 19.9 Å². The van der Waals surface area contributed by atoms with Crippen LogP contribution in [0.4, 0.5) is 5.69 Å². The number of hydrogen-bond acceptors (Lipinski definition) is 5. The average Bonchev–Trinajstić information content (AvgIpc) is 2.69. The number of carbonyl (C=O) groups is 1. The summed E-state index contributed by atoms with van der Waals surface area (Å²) in [4.78, 5) is 12.4. The molecule has 0 aromatic heterocycles. The highest BCUT2D eigenvalue weighted by atomic mass is 16.5. The van der Waals surface area contributed by atoms with Crippen molar-refractivity contribution in [1.29, 1.82) is 5.26 Å². The van der Waals surface area contributed by atoms with Crippen molar-refractivity contribution >= 4 is 11.6 Å². The summed E-state index contributed by atoms with van der Waals surface area (Å²) in [6.45, 7) is 2.66. The molecule has 0 aliphatic carbocycles. The number of methoxy groups -OCH3 is 2. The smallest absolute Gasteiger partial charge is 0.267 e. The third-order valence-corrected chi connectivity index (χ3v) is 3.94. The van der Waals surface area contributed by atoms with Gasteiger partial charge in [-0.2, -0.15) is 5.26 Å². The summed E-state index contributed by atoms with van der Waals surface area (Å²) in [7, 11) is 3.04. The van der Waals surface area contributed by atoms with E-state index in [-0.39, 0.29) is 5.57 Å². The van der Waals surface area contributed by atoms with Crippen LogP contribution in [0.3, 0.4) is 0 Å². The van der Waals surface area contributed by atoms with Crippen molar-refractivity contribution < 1.29 is 14.3 Å². The van der Waals surface area contributed by atoms with Gasteiger partial charge in [0.25, 0.3) is 5.91 Å². The lowest BCUT2D eigenvalue weighted by Crippen LogP contribution is -2.18. The highest BCUT2D eigenvalue weighted by Gasteiger charge is 2.13. The molecule has 1 amide bonds. The number of anilines is 1. The second kappa shape index (κ2) is 9.88. The fourth-order valence-electron chi connectivity index (χ4n) is 2.40. The summed E-state index contributed by atoms with van der Waals surface area (Å²) in [6.07, 6.45) is 2.22. The van der Waals surface area contributed by atoms with E-state index in [9.17, 15) is 10.1 Å². The Kier molecular flexibility index (Phi) is 7.26. The molecule has 0 heterocycles. The van der Waals surface area contributed by atoms with E-state index in [0.29, 0.717) is 23.7 Å². The molecule has 0 atom stereocenters. The first-order chi connectivity index (χ1) is 13.1. The maximum absolute atomic E-state index is 12.4. The van der Waals surface area contributed by atoms with Crippen LogP contribution in [0.1, 0.15) is 11.1 Å². The molecular weight excluding hydrogens is 342 g/mol. The first-order valence-electron chi connectivity index (χ1n) is 8.50. The lowest BCUT2D eigenvalue weighted by Gasteiger charge is -2.11. The topological polar surface area (TPSA) is 83.4 Å². The number of nitrogens with zero attached hydrogens (tertiary/aromatic N) is 1. The number of hydrogen-bond donors (Lipinski definition) is 2. The Morgan fingerprint density at radius 1 is 1.15 bits per heavy atom. The molecule has 2 aromatic carbocycles. The van der Waals surface area contributed by atoms with Gasteiger partial charge in [-0.1, -0.05) is 29.8 Å². The van der Waals surface area contributed by atoms with Crippen molar-refractivity contribution in [2.75, 3.05) is 26.1 Å². The van der Waals surface area contributed by atoms with Crippen LogP contribution in [0.5, 0.6) is 11.5 Å². The van der Waals surface area contributed by atoms with E-state index < -0.39 is 5.91 Å². The second-order valence-corrected chi connectivity index (χ2v) is 5.88. The van der Waals surface area contributed by atoms with Crippen molar-refractivity contribution in [3.63, 3.8) is 0 Å². The number of aryl methyl sites for hydroxylation is 1. The van der Waals surface area contributed by atoms with Gasteiger partial charge in [-0.25, -0.2) is 0 Å². The van der Waals surface area contributed by atoms with Crippen molar-refractivity contribution in [3.8, 4) is 17.6 Å². The average molecular weight is 365 g/mol. The fraction of sp³-hybridized carbons (Fsp3) is 0.238. The lowest BCUT2D eigenvalue weighted by molar-refractivity contribution is -0.112. The van der Waals surface area contributed by atoms with Crippen LogP contribution >= 0.6 is 0 Å². The number of ether oxygens (including phenoxy) is 2. The Bertz CT molecular complexity index is 852. The van der Waals surface area contributed by atoms with E-state index in [1.54, 1.807) is 18.2 Å². The van der Waals surface area contributed by atoms with Gasteiger partial charge >= 0.3 is 0 Å². The molecule has 0 aliphatic heterocycles. The zero-order valence-corrected chi connectivity index (χ0v) is 15.7. The Labute approximate surface area is 159 Å². The molecule has 0 saturated carbocycles. The van der Waals surface area contributed by atoms with E-state index in [2.05, 4.69) is 34.9 Å². The number of rotatable bonds is 8. The maximum Gasteiger partial charge on any atom is 0.267 e. The van der Waals surface area contributed by atoms with Gasteiger partial charge in [-0.05, 0) is 31.0 Å². The highest BCUT2D eigenvalue weighted by Crippen LogP contribution is 2.29. The first-order valence-corrected chi connectivity index (χ1v) is 8.50. The number of amides is 1. The van der Waals surface area contributed by atoms with Crippen LogP contribution < -0.4 is 20.1 Å². The Hall–Kier alpha value is -3.46. The quantitative estimate of drug-likeness (QED) is 0.426. The molecule has 0 aliphatic rings. The second-order valence-electron chi connectivity index (χ2n) is 5.88. The van der Waals surface area contributed by atoms with E-state index in [4.69, 9.17) is 9.47 Å². The summed E-state index contributed by atoms with van der Waals surface area (Å²) >= 11 is 0. The zero-order valence-electron chi connectivity index (χ0n) is 15.7. The van der Waals surface area contributed by atoms with Gasteiger partial charge in [0.2, 0.25) is 0 Å². The van der Waals surface area contributed by atoms with E-state index in [0.717, 1.165) is 6.42 Å². The monoisotopic (exact) mass is 365 g/mol. The molecule has 0 bridgehead atoms. The van der Waals surface area contributed by atoms with Gasteiger partial charge < -0.3 is 20.1 Å². The maximum atomic E-state index is 12.4. The number of nitrogens with one attached hydrogen (secondary N) is 2. The molecule has 27 heavy (non-hydrogen) atoms. The van der Waals surface area contributed by atoms with Crippen molar-refractivity contribution in [2.24, 2.45) is 0 Å². The van der Waals surface area contributed by atoms with Crippen molar-refractivity contribution in [1.82, 2.24) is 5.32 Å². The number of nitriles is 1. The number of benzene rings is 2. The Morgan fingerprint density at radius 3 is 2.52 bits per heavy atom. The first kappa shape index (κ1) is 19.9. The third kappa shape index (κ3) is 5.79. The van der Waals surface area contributed by atoms with E-state index in [1.165, 1.54) is 31.5 Å². The van der Waals surface area contributed by atoms with Crippen LogP contribution in [0.15, 0.2) is 54.2 Å². The number of carbonyl (C=O) groups excluding carboxylic acids is 1. The Morgan fingerprint density at radius 2 is 1.89 bits per heavy atom. The largest absolute Gasteiger partial charge is 0.497 e. The molecular formula is C21H23N3O3. The Balaban J connectivity index is 1.97. The van der Waals surface area contributed by atoms with Crippen LogP contribution in [0, 0.1) is 18.3 Å². The van der Waals surface area contributed by atoms with Crippen LogP contribution in [0.25, 0.3) is 0 Å². The summed E-state index contributed by atoms with van der Waals surface area (Å²) in [5, 5.41) is 15.0. The molecule has 0 radical (unpaired) electrons. The summed E-state index contributed by atoms with van der Waals surface area (Å²) in [5.74, 6) is 0.533. The predicted molar refractivity (Wildman–Crippen MR) is 105 cm³/mol. The van der Waals surface area contributed by atoms with Gasteiger partial charge in [-0.15, -0.1) is 0 Å². The molecule has 0 spiro atoms. The molecule has 0 fully saturated rings. The highest BCUT2D eigenvalue weighted by molar-refractivity contribution is 6.07. The van der Waals surface area contributed by atoms with Crippen molar-refractivity contribution in [2.45, 2.75) is 13.3 Å². The van der Waals surface area contributed by atoms with Crippen molar-refractivity contribution in [3.05, 3.63) is 65.4 Å². The standard InChI is InChI=1S/C21H23N3O3/c1-15-4-6-16(7-5-15)10-11-23-14-17(13-22)21(25)24-19-12-18(26-2)8-9-20(19)27-3/h4-9,12,14,23H,10-11H2,1-3H3,(H,24,25)/b17-14-. The zero-order chi connectivity index (χ0) is 19.6. The molecule has 140 valence electrons. The summed E-state index contributed by atoms with van der Waals surface area (Å²) in [5.41, 5.74) is 2.81. The molecule has 6 nitrogen and oxygen atoms in total. The molecule has 2 aromatic rings. The lowest BCUT2D eigenvalue weighted by atomic mass is 10.1. The molecule has 2 rings (SSSR count). The van der Waals surface area contributed by atoms with Gasteiger partial charge in [0.1, 0.15) is 23.1 Å². The minimum absolute atomic E-state index is 0.0243. The van der Waals surface area contributed by atoms with Crippen LogP contribution in [-0.4, -0.2) is 26.7 Å². The van der Waals surface area contributed by atoms with Crippen LogP contribution in [0.2, 0.25) is 0 Å². The van der Waals surface area contributed by atoms with E-state index in [1.807, 2.05) is 13.0 Å². The molecule has 0 unspecified atom stereocenters. The third-order valence-electron chi connectivity index (χ3n) is 3.94. The van der Waals surface area contributed by atoms with Gasteiger partial charge in [-0.3, -0.25) is 4.79 Å². The normalized spacial score (nSPS) is 10.7. The van der Waals surface area contributed by atoms with E-state index >= 15 is 0 Å². The molecule has 2 N–H and O–H groups in total. The fourth-order valence-corrected chi connectivity index (χ4v) is 2.40.